The van der Waals surface area contributed by atoms with Gasteiger partial charge in [-0.1, -0.05) is 34.1 Å². The van der Waals surface area contributed by atoms with Crippen molar-refractivity contribution in [3.8, 4) is 11.3 Å². The number of H-pyrrole nitrogens is 1. The van der Waals surface area contributed by atoms with Gasteiger partial charge in [-0.2, -0.15) is 0 Å². The van der Waals surface area contributed by atoms with Crippen LogP contribution >= 0.6 is 15.9 Å². The maximum absolute atomic E-state index is 13.3. The Labute approximate surface area is 203 Å². The number of nitrogens with two attached hydrogens (primary N) is 2. The fraction of sp³-hybridized carbons (Fsp3) is 0.167. The standard InChI is InChI=1S/C24H23BrN6O3/c25-13-7-8-18-15(10-13)17(12-29-18)21-11-16(14-4-1-2-5-19(14)30-21)22(32)31-20(23(33)34)6-3-9-28-24(26)27/h1-2,4-5,7-8,10-12,20,29H,3,6,9H2,(H,31,32)(H,33,34)(H4,26,27,28)/t20-/m0/s1. The molecule has 2 aromatic heterocycles. The number of fused-ring (bicyclic) bond motifs is 2. The molecule has 0 aliphatic heterocycles. The number of carbonyl (C=O) groups excluding carboxylic acids is 1. The molecule has 1 atom stereocenters. The third-order valence-electron chi connectivity index (χ3n) is 5.43. The highest BCUT2D eigenvalue weighted by Gasteiger charge is 2.22. The number of amides is 1. The molecule has 4 rings (SSSR count). The molecule has 0 bridgehead atoms. The van der Waals surface area contributed by atoms with Crippen LogP contribution in [0, 0.1) is 0 Å². The van der Waals surface area contributed by atoms with Crippen molar-refractivity contribution < 1.29 is 14.7 Å². The van der Waals surface area contributed by atoms with Gasteiger partial charge in [0.15, 0.2) is 5.96 Å². The Kier molecular flexibility index (Phi) is 6.78. The number of para-hydroxylation sites is 1. The Morgan fingerprint density at radius 2 is 1.94 bits per heavy atom. The molecule has 7 N–H and O–H groups in total. The number of aromatic nitrogens is 2. The van der Waals surface area contributed by atoms with Gasteiger partial charge in [0, 0.05) is 39.1 Å². The molecule has 2 heterocycles. The molecule has 10 heteroatoms. The van der Waals surface area contributed by atoms with E-state index in [9.17, 15) is 14.7 Å². The number of hydrogen-bond acceptors (Lipinski definition) is 4. The number of carbonyl (C=O) groups is 2. The number of carboxylic acids is 1. The molecule has 0 fully saturated rings. The number of pyridine rings is 1. The van der Waals surface area contributed by atoms with E-state index in [1.54, 1.807) is 12.1 Å². The van der Waals surface area contributed by atoms with Crippen molar-refractivity contribution in [2.24, 2.45) is 16.5 Å². The van der Waals surface area contributed by atoms with E-state index in [0.717, 1.165) is 20.9 Å². The van der Waals surface area contributed by atoms with Crippen molar-refractivity contribution in [1.82, 2.24) is 15.3 Å². The van der Waals surface area contributed by atoms with Gasteiger partial charge >= 0.3 is 5.97 Å². The molecule has 4 aromatic rings. The fourth-order valence-corrected chi connectivity index (χ4v) is 4.16. The molecule has 0 saturated carbocycles. The summed E-state index contributed by atoms with van der Waals surface area (Å²) < 4.78 is 0.921. The third-order valence-corrected chi connectivity index (χ3v) is 5.92. The molecule has 0 saturated heterocycles. The lowest BCUT2D eigenvalue weighted by Gasteiger charge is -2.16. The summed E-state index contributed by atoms with van der Waals surface area (Å²) in [5.74, 6) is -1.68. The van der Waals surface area contributed by atoms with Gasteiger partial charge < -0.3 is 26.9 Å². The van der Waals surface area contributed by atoms with Crippen LogP contribution in [0.15, 0.2) is 64.2 Å². The zero-order valence-corrected chi connectivity index (χ0v) is 19.7. The number of benzene rings is 2. The van der Waals surface area contributed by atoms with Gasteiger partial charge in [0.2, 0.25) is 0 Å². The molecule has 9 nitrogen and oxygen atoms in total. The Bertz CT molecular complexity index is 1410. The second-order valence-electron chi connectivity index (χ2n) is 7.78. The Balaban J connectivity index is 1.70. The summed E-state index contributed by atoms with van der Waals surface area (Å²) in [7, 11) is 0. The van der Waals surface area contributed by atoms with E-state index in [1.165, 1.54) is 0 Å². The van der Waals surface area contributed by atoms with Crippen molar-refractivity contribution in [3.05, 3.63) is 64.8 Å². The lowest BCUT2D eigenvalue weighted by molar-refractivity contribution is -0.139. The first-order chi connectivity index (χ1) is 16.3. The zero-order chi connectivity index (χ0) is 24.2. The van der Waals surface area contributed by atoms with Crippen LogP contribution in [0.4, 0.5) is 0 Å². The minimum absolute atomic E-state index is 0.0593. The SMILES string of the molecule is NC(N)=NCCC[C@H](NC(=O)c1cc(-c2c[nH]c3ccc(Br)cc23)nc2ccccc12)C(=O)O. The number of carboxylic acid groups (broad SMARTS) is 1. The quantitative estimate of drug-likeness (QED) is 0.135. The predicted octanol–water partition coefficient (Wildman–Crippen LogP) is 3.38. The maximum Gasteiger partial charge on any atom is 0.326 e. The van der Waals surface area contributed by atoms with Gasteiger partial charge in [-0.25, -0.2) is 9.78 Å². The first kappa shape index (κ1) is 23.2. The molecule has 174 valence electrons. The zero-order valence-electron chi connectivity index (χ0n) is 18.1. The second-order valence-corrected chi connectivity index (χ2v) is 8.69. The van der Waals surface area contributed by atoms with E-state index in [4.69, 9.17) is 16.5 Å². The summed E-state index contributed by atoms with van der Waals surface area (Å²) in [4.78, 5) is 36.9. The van der Waals surface area contributed by atoms with Crippen LogP contribution in [0.25, 0.3) is 33.1 Å². The van der Waals surface area contributed by atoms with Crippen molar-refractivity contribution in [1.29, 1.82) is 0 Å². The highest BCUT2D eigenvalue weighted by molar-refractivity contribution is 9.10. The fourth-order valence-electron chi connectivity index (χ4n) is 3.80. The summed E-state index contributed by atoms with van der Waals surface area (Å²) in [6.45, 7) is 0.278. The number of aliphatic imine (C=N–C) groups is 1. The number of nitrogens with one attached hydrogen (secondary N) is 2. The molecule has 0 unspecified atom stereocenters. The number of halogens is 1. The summed E-state index contributed by atoms with van der Waals surface area (Å²) in [6.07, 6.45) is 2.44. The topological polar surface area (TPSA) is 159 Å². The summed E-state index contributed by atoms with van der Waals surface area (Å²) in [5.41, 5.74) is 14.0. The third kappa shape index (κ3) is 5.01. The van der Waals surface area contributed by atoms with Crippen LogP contribution in [0.1, 0.15) is 23.2 Å². The number of hydrogen-bond donors (Lipinski definition) is 5. The van der Waals surface area contributed by atoms with Crippen LogP contribution in [0.2, 0.25) is 0 Å². The minimum atomic E-state index is -1.13. The van der Waals surface area contributed by atoms with Gasteiger partial charge in [0.25, 0.3) is 5.91 Å². The Morgan fingerprint density at radius 3 is 2.71 bits per heavy atom. The molecule has 1 amide bonds. The van der Waals surface area contributed by atoms with Crippen LogP contribution < -0.4 is 16.8 Å². The monoisotopic (exact) mass is 522 g/mol. The van der Waals surface area contributed by atoms with E-state index in [1.807, 2.05) is 42.6 Å². The molecule has 34 heavy (non-hydrogen) atoms. The summed E-state index contributed by atoms with van der Waals surface area (Å²) in [5, 5.41) is 13.8. The molecular formula is C24H23BrN6O3. The highest BCUT2D eigenvalue weighted by atomic mass is 79.9. The molecule has 2 aromatic carbocycles. The normalized spacial score (nSPS) is 11.9. The average molecular weight is 523 g/mol. The largest absolute Gasteiger partial charge is 0.480 e. The molecular weight excluding hydrogens is 500 g/mol. The lowest BCUT2D eigenvalue weighted by Crippen LogP contribution is -2.41. The maximum atomic E-state index is 13.3. The second kappa shape index (κ2) is 9.92. The van der Waals surface area contributed by atoms with E-state index in [2.05, 4.69) is 31.2 Å². The van der Waals surface area contributed by atoms with Crippen LogP contribution in [-0.2, 0) is 4.79 Å². The number of aliphatic carboxylic acids is 1. The van der Waals surface area contributed by atoms with Gasteiger partial charge in [-0.15, -0.1) is 0 Å². The van der Waals surface area contributed by atoms with E-state index in [-0.39, 0.29) is 18.9 Å². The van der Waals surface area contributed by atoms with Crippen LogP contribution in [0.5, 0.6) is 0 Å². The van der Waals surface area contributed by atoms with Gasteiger partial charge in [0.1, 0.15) is 6.04 Å². The molecule has 0 aliphatic carbocycles. The summed E-state index contributed by atoms with van der Waals surface area (Å²) in [6, 6.07) is 13.8. The first-order valence-corrected chi connectivity index (χ1v) is 11.4. The van der Waals surface area contributed by atoms with Crippen molar-refractivity contribution in [2.45, 2.75) is 18.9 Å². The molecule has 0 radical (unpaired) electrons. The summed E-state index contributed by atoms with van der Waals surface area (Å²) >= 11 is 3.50. The lowest BCUT2D eigenvalue weighted by atomic mass is 10.0. The smallest absolute Gasteiger partial charge is 0.326 e. The predicted molar refractivity (Wildman–Crippen MR) is 136 cm³/mol. The van der Waals surface area contributed by atoms with Crippen molar-refractivity contribution in [2.75, 3.05) is 6.54 Å². The molecule has 0 aliphatic rings. The first-order valence-electron chi connectivity index (χ1n) is 10.6. The number of guanidine groups is 1. The molecule has 0 spiro atoms. The number of nitrogens with zero attached hydrogens (tertiary/aromatic N) is 2. The Morgan fingerprint density at radius 1 is 1.15 bits per heavy atom. The van der Waals surface area contributed by atoms with Gasteiger partial charge in [-0.3, -0.25) is 9.79 Å². The van der Waals surface area contributed by atoms with E-state index < -0.39 is 17.9 Å². The van der Waals surface area contributed by atoms with Gasteiger partial charge in [-0.05, 0) is 43.2 Å². The van der Waals surface area contributed by atoms with Gasteiger partial charge in [0.05, 0.1) is 16.8 Å². The minimum Gasteiger partial charge on any atom is -0.480 e. The average Bonchev–Trinajstić information content (AvgIpc) is 3.22. The van der Waals surface area contributed by atoms with E-state index >= 15 is 0 Å². The van der Waals surface area contributed by atoms with Crippen molar-refractivity contribution in [3.63, 3.8) is 0 Å². The highest BCUT2D eigenvalue weighted by Crippen LogP contribution is 2.32. The Hall–Kier alpha value is -3.92. The van der Waals surface area contributed by atoms with Crippen LogP contribution in [0.3, 0.4) is 0 Å². The van der Waals surface area contributed by atoms with Crippen LogP contribution in [-0.4, -0.2) is 45.5 Å². The van der Waals surface area contributed by atoms with E-state index in [0.29, 0.717) is 28.6 Å². The number of rotatable bonds is 8. The number of aromatic amines is 1. The van der Waals surface area contributed by atoms with Crippen molar-refractivity contribution >= 4 is 55.6 Å².